The molecule has 0 fully saturated rings. The van der Waals surface area contributed by atoms with Gasteiger partial charge in [-0.1, -0.05) is 30.3 Å². The number of pyridine rings is 3. The van der Waals surface area contributed by atoms with Crippen LogP contribution in [-0.2, 0) is 29.7 Å². The maximum atomic E-state index is 14.6. The summed E-state index contributed by atoms with van der Waals surface area (Å²) >= 11 is 0. The molecule has 5 aromatic heterocycles. The van der Waals surface area contributed by atoms with Gasteiger partial charge in [-0.15, -0.1) is 0 Å². The number of nitrogens with zero attached hydrogens (tertiary/aromatic N) is 5. The molecule has 0 radical (unpaired) electrons. The van der Waals surface area contributed by atoms with Gasteiger partial charge in [0, 0.05) is 54.7 Å². The fourth-order valence-electron chi connectivity index (χ4n) is 5.31. The van der Waals surface area contributed by atoms with E-state index in [1.807, 2.05) is 30.5 Å². The van der Waals surface area contributed by atoms with Gasteiger partial charge in [0.05, 0.1) is 40.9 Å². The van der Waals surface area contributed by atoms with Crippen molar-refractivity contribution in [3.8, 4) is 33.9 Å². The van der Waals surface area contributed by atoms with Crippen LogP contribution in [0, 0.1) is 5.82 Å². The first kappa shape index (κ1) is 29.3. The Morgan fingerprint density at radius 2 is 1.61 bits per heavy atom. The van der Waals surface area contributed by atoms with Crippen molar-refractivity contribution in [1.82, 2.24) is 45.2 Å². The fourth-order valence-corrected chi connectivity index (χ4v) is 5.73. The first-order valence-electron chi connectivity index (χ1n) is 14.4. The molecule has 5 heterocycles. The number of benzene rings is 2. The number of aromatic nitrogens is 7. The molecular weight excluding hydrogens is 605 g/mol. The smallest absolute Gasteiger partial charge is 0.209 e. The Hall–Kier alpha value is -5.37. The van der Waals surface area contributed by atoms with Crippen molar-refractivity contribution in [3.05, 3.63) is 114 Å². The summed E-state index contributed by atoms with van der Waals surface area (Å²) < 4.78 is 40.2. The average Bonchev–Trinajstić information content (AvgIpc) is 3.68. The SMILES string of the molecule is CS(=O)(=O)NCc1cc(F)cc(-c2cncc3[nH]c(-c4n[nH]c5cnc(-c6cncc(CNCc7ccccc7)c6)cc45)nc23)c1. The van der Waals surface area contributed by atoms with Crippen LogP contribution in [0.2, 0.25) is 0 Å². The summed E-state index contributed by atoms with van der Waals surface area (Å²) in [7, 11) is -3.45. The van der Waals surface area contributed by atoms with E-state index in [0.29, 0.717) is 45.8 Å². The molecular formula is C33H28FN9O2S. The molecule has 7 aromatic rings. The Kier molecular flexibility index (Phi) is 7.78. The maximum absolute atomic E-state index is 14.6. The highest BCUT2D eigenvalue weighted by Gasteiger charge is 2.18. The number of sulfonamides is 1. The Morgan fingerprint density at radius 1 is 0.804 bits per heavy atom. The molecule has 2 aromatic carbocycles. The third-order valence-electron chi connectivity index (χ3n) is 7.46. The molecule has 7 rings (SSSR count). The Balaban J connectivity index is 1.19. The van der Waals surface area contributed by atoms with E-state index in [2.05, 4.69) is 58.4 Å². The molecule has 0 atom stereocenters. The van der Waals surface area contributed by atoms with E-state index in [0.717, 1.165) is 40.5 Å². The summed E-state index contributed by atoms with van der Waals surface area (Å²) in [5.74, 6) is -0.000528. The van der Waals surface area contributed by atoms with Crippen LogP contribution in [0.4, 0.5) is 4.39 Å². The third-order valence-corrected chi connectivity index (χ3v) is 8.13. The summed E-state index contributed by atoms with van der Waals surface area (Å²) in [6.45, 7) is 1.37. The lowest BCUT2D eigenvalue weighted by atomic mass is 10.0. The lowest BCUT2D eigenvalue weighted by Gasteiger charge is -2.07. The number of imidazole rings is 1. The van der Waals surface area contributed by atoms with E-state index < -0.39 is 15.8 Å². The number of H-pyrrole nitrogens is 2. The van der Waals surface area contributed by atoms with E-state index in [4.69, 9.17) is 4.98 Å². The van der Waals surface area contributed by atoms with Gasteiger partial charge < -0.3 is 10.3 Å². The summed E-state index contributed by atoms with van der Waals surface area (Å²) in [6, 6.07) is 18.6. The molecule has 0 bridgehead atoms. The molecule has 0 unspecified atom stereocenters. The zero-order valence-corrected chi connectivity index (χ0v) is 25.4. The van der Waals surface area contributed by atoms with Crippen molar-refractivity contribution in [3.63, 3.8) is 0 Å². The number of halogens is 1. The van der Waals surface area contributed by atoms with Crippen molar-refractivity contribution < 1.29 is 12.8 Å². The lowest BCUT2D eigenvalue weighted by Crippen LogP contribution is -2.21. The number of fused-ring (bicyclic) bond motifs is 2. The highest BCUT2D eigenvalue weighted by Crippen LogP contribution is 2.32. The average molecular weight is 634 g/mol. The molecule has 0 amide bonds. The fraction of sp³-hybridized carbons (Fsp3) is 0.121. The Bertz CT molecular complexity index is 2300. The summed E-state index contributed by atoms with van der Waals surface area (Å²) in [4.78, 5) is 21.6. The zero-order valence-electron chi connectivity index (χ0n) is 24.6. The van der Waals surface area contributed by atoms with Gasteiger partial charge in [0.1, 0.15) is 11.5 Å². The maximum Gasteiger partial charge on any atom is 0.209 e. The van der Waals surface area contributed by atoms with Crippen LogP contribution in [0.15, 0.2) is 91.6 Å². The van der Waals surface area contributed by atoms with E-state index in [1.54, 1.807) is 30.9 Å². The van der Waals surface area contributed by atoms with Crippen LogP contribution in [0.3, 0.4) is 0 Å². The van der Waals surface area contributed by atoms with Gasteiger partial charge in [-0.2, -0.15) is 5.10 Å². The minimum absolute atomic E-state index is 0.0446. The first-order chi connectivity index (χ1) is 22.3. The number of hydrogen-bond donors (Lipinski definition) is 4. The van der Waals surface area contributed by atoms with Crippen LogP contribution in [0.5, 0.6) is 0 Å². The van der Waals surface area contributed by atoms with Crippen LogP contribution < -0.4 is 10.0 Å². The van der Waals surface area contributed by atoms with Gasteiger partial charge in [-0.3, -0.25) is 20.1 Å². The number of rotatable bonds is 10. The predicted molar refractivity (Wildman–Crippen MR) is 174 cm³/mol. The summed E-state index contributed by atoms with van der Waals surface area (Å²) in [5, 5.41) is 11.8. The molecule has 230 valence electrons. The second-order valence-electron chi connectivity index (χ2n) is 11.0. The Morgan fingerprint density at radius 3 is 2.46 bits per heavy atom. The van der Waals surface area contributed by atoms with Gasteiger partial charge in [0.25, 0.3) is 0 Å². The lowest BCUT2D eigenvalue weighted by molar-refractivity contribution is 0.586. The molecule has 13 heteroatoms. The normalized spacial score (nSPS) is 11.9. The van der Waals surface area contributed by atoms with Crippen LogP contribution in [-0.4, -0.2) is 49.8 Å². The highest BCUT2D eigenvalue weighted by molar-refractivity contribution is 7.88. The number of aromatic amines is 2. The van der Waals surface area contributed by atoms with E-state index >= 15 is 0 Å². The van der Waals surface area contributed by atoms with Gasteiger partial charge >= 0.3 is 0 Å². The van der Waals surface area contributed by atoms with Crippen LogP contribution in [0.25, 0.3) is 55.8 Å². The third kappa shape index (κ3) is 6.38. The Labute approximate surface area is 263 Å². The molecule has 0 spiro atoms. The van der Waals surface area contributed by atoms with Crippen LogP contribution >= 0.6 is 0 Å². The van der Waals surface area contributed by atoms with E-state index in [1.165, 1.54) is 17.7 Å². The first-order valence-corrected chi connectivity index (χ1v) is 16.3. The van der Waals surface area contributed by atoms with Crippen molar-refractivity contribution >= 4 is 32.0 Å². The molecule has 0 aliphatic heterocycles. The van der Waals surface area contributed by atoms with E-state index in [9.17, 15) is 12.8 Å². The zero-order chi connectivity index (χ0) is 31.7. The van der Waals surface area contributed by atoms with Crippen molar-refractivity contribution in [2.45, 2.75) is 19.6 Å². The predicted octanol–water partition coefficient (Wildman–Crippen LogP) is 5.10. The van der Waals surface area contributed by atoms with Crippen molar-refractivity contribution in [2.75, 3.05) is 6.26 Å². The summed E-state index contributed by atoms with van der Waals surface area (Å²) in [5.41, 5.74) is 7.97. The monoisotopic (exact) mass is 633 g/mol. The number of nitrogens with one attached hydrogen (secondary N) is 4. The minimum atomic E-state index is -3.45. The van der Waals surface area contributed by atoms with Gasteiger partial charge in [-0.05, 0) is 52.6 Å². The minimum Gasteiger partial charge on any atom is -0.335 e. The quantitative estimate of drug-likeness (QED) is 0.162. The van der Waals surface area contributed by atoms with Crippen molar-refractivity contribution in [2.24, 2.45) is 0 Å². The van der Waals surface area contributed by atoms with E-state index in [-0.39, 0.29) is 6.54 Å². The summed E-state index contributed by atoms with van der Waals surface area (Å²) in [6.07, 6.45) is 9.66. The second-order valence-corrected chi connectivity index (χ2v) is 12.8. The van der Waals surface area contributed by atoms with Gasteiger partial charge in [0.15, 0.2) is 5.82 Å². The second kappa shape index (κ2) is 12.2. The topological polar surface area (TPSA) is 154 Å². The van der Waals surface area contributed by atoms with Gasteiger partial charge in [-0.25, -0.2) is 22.5 Å². The standard InChI is InChI=1S/C33H28FN9O2S/c1-46(44,45)39-15-21-7-23(10-25(34)9-21)27-17-37-18-30-31(27)41-33(40-30)32-26-11-28(38-19-29(26)42-43-32)24-8-22(14-36-16-24)13-35-12-20-5-3-2-4-6-20/h2-11,14,16-19,35,39H,12-13,15H2,1H3,(H,40,41)(H,42,43). The molecule has 0 saturated heterocycles. The largest absolute Gasteiger partial charge is 0.335 e. The molecule has 4 N–H and O–H groups in total. The van der Waals surface area contributed by atoms with Crippen molar-refractivity contribution in [1.29, 1.82) is 0 Å². The highest BCUT2D eigenvalue weighted by atomic mass is 32.2. The molecule has 0 aliphatic rings. The molecule has 0 saturated carbocycles. The number of hydrogen-bond acceptors (Lipinski definition) is 8. The molecule has 46 heavy (non-hydrogen) atoms. The van der Waals surface area contributed by atoms with Crippen LogP contribution in [0.1, 0.15) is 16.7 Å². The molecule has 11 nitrogen and oxygen atoms in total. The van der Waals surface area contributed by atoms with Gasteiger partial charge in [0.2, 0.25) is 10.0 Å². The molecule has 0 aliphatic carbocycles.